The Hall–Kier alpha value is -5.81. The van der Waals surface area contributed by atoms with Crippen LogP contribution in [0.2, 0.25) is 0 Å². The van der Waals surface area contributed by atoms with Gasteiger partial charge < -0.3 is 45.1 Å². The maximum atomic E-state index is 13.6. The molecule has 0 aliphatic carbocycles. The van der Waals surface area contributed by atoms with E-state index >= 15 is 0 Å². The minimum atomic E-state index is -3.15. The van der Waals surface area contributed by atoms with Crippen LogP contribution < -0.4 is 35.5 Å². The van der Waals surface area contributed by atoms with E-state index in [1.807, 2.05) is 24.3 Å². The van der Waals surface area contributed by atoms with E-state index in [0.717, 1.165) is 36.8 Å². The summed E-state index contributed by atoms with van der Waals surface area (Å²) in [4.78, 5) is 63.9. The molecule has 18 heteroatoms. The fourth-order valence-corrected chi connectivity index (χ4v) is 4.64. The van der Waals surface area contributed by atoms with Crippen molar-refractivity contribution in [2.24, 2.45) is 0 Å². The number of ether oxygens (including phenoxy) is 4. The van der Waals surface area contributed by atoms with Crippen LogP contribution in [0.5, 0.6) is 17.5 Å². The Bertz CT molecular complexity index is 1710. The number of alkyl halides is 2. The van der Waals surface area contributed by atoms with Gasteiger partial charge in [0.15, 0.2) is 6.61 Å². The number of halogens is 2. The first-order chi connectivity index (χ1) is 24.8. The van der Waals surface area contributed by atoms with Gasteiger partial charge in [-0.2, -0.15) is 15.0 Å². The predicted molar refractivity (Wildman–Crippen MR) is 184 cm³/mol. The van der Waals surface area contributed by atoms with Crippen LogP contribution in [-0.2, 0) is 25.7 Å². The van der Waals surface area contributed by atoms with Gasteiger partial charge in [0.25, 0.3) is 11.8 Å². The molecule has 2 aliphatic heterocycles. The van der Waals surface area contributed by atoms with Gasteiger partial charge in [0.05, 0.1) is 25.9 Å². The number of carbonyl (C=O) groups is 4. The molecule has 1 aromatic heterocycles. The van der Waals surface area contributed by atoms with Crippen molar-refractivity contribution >= 4 is 41.3 Å². The van der Waals surface area contributed by atoms with E-state index < -0.39 is 48.8 Å². The lowest BCUT2D eigenvalue weighted by Gasteiger charge is -2.19. The van der Waals surface area contributed by atoms with Gasteiger partial charge in [-0.05, 0) is 55.5 Å². The highest BCUT2D eigenvalue weighted by Gasteiger charge is 2.27. The van der Waals surface area contributed by atoms with Crippen molar-refractivity contribution in [2.75, 3.05) is 58.2 Å². The summed E-state index contributed by atoms with van der Waals surface area (Å²) in [5.74, 6) is -5.74. The predicted octanol–water partition coefficient (Wildman–Crippen LogP) is 3.07. The fraction of sp³-hybridized carbons (Fsp3) is 0.441. The van der Waals surface area contributed by atoms with Gasteiger partial charge in [-0.3, -0.25) is 14.4 Å². The molecule has 3 aromatic rings. The zero-order valence-corrected chi connectivity index (χ0v) is 29.3. The maximum absolute atomic E-state index is 13.6. The van der Waals surface area contributed by atoms with Crippen molar-refractivity contribution in [2.45, 2.75) is 51.1 Å². The molecule has 280 valence electrons. The van der Waals surface area contributed by atoms with Gasteiger partial charge in [-0.25, -0.2) is 13.6 Å². The molecule has 0 spiro atoms. The maximum Gasteiger partial charge on any atom is 0.330 e. The number of methoxy groups -OCH3 is 1. The number of esters is 1. The van der Waals surface area contributed by atoms with Crippen LogP contribution in [0.1, 0.15) is 48.5 Å². The third-order valence-electron chi connectivity index (χ3n) is 7.35. The number of rotatable bonds is 8. The minimum Gasteiger partial charge on any atom is -0.494 e. The summed E-state index contributed by atoms with van der Waals surface area (Å²) in [7, 11) is 3.90. The topological polar surface area (TPSA) is 195 Å². The van der Waals surface area contributed by atoms with Gasteiger partial charge in [-0.1, -0.05) is 12.1 Å². The van der Waals surface area contributed by atoms with Crippen LogP contribution in [0.15, 0.2) is 42.5 Å². The number of likely N-dealkylation sites (N-methyl/N-ethyl adjacent to an activating group) is 1. The molecule has 0 saturated carbocycles. The lowest BCUT2D eigenvalue weighted by atomic mass is 10.1. The number of hydrogen-bond donors (Lipinski definition) is 4. The Labute approximate surface area is 299 Å². The van der Waals surface area contributed by atoms with Crippen molar-refractivity contribution in [1.29, 1.82) is 0 Å². The fourth-order valence-electron chi connectivity index (χ4n) is 4.64. The highest BCUT2D eigenvalue weighted by Crippen LogP contribution is 2.27. The number of benzene rings is 2. The first-order valence-electron chi connectivity index (χ1n) is 16.5. The third-order valence-corrected chi connectivity index (χ3v) is 7.35. The monoisotopic (exact) mass is 728 g/mol. The number of hydrogen-bond acceptors (Lipinski definition) is 13. The molecule has 3 heterocycles. The Morgan fingerprint density at radius 3 is 2.33 bits per heavy atom. The summed E-state index contributed by atoms with van der Waals surface area (Å²) in [5.41, 5.74) is 1.27. The van der Waals surface area contributed by atoms with E-state index in [1.165, 1.54) is 32.3 Å². The van der Waals surface area contributed by atoms with Crippen molar-refractivity contribution < 1.29 is 46.9 Å². The minimum absolute atomic E-state index is 0.0404. The normalized spacial score (nSPS) is 14.0. The average Bonchev–Trinajstić information content (AvgIpc) is 3.11. The van der Waals surface area contributed by atoms with E-state index in [1.54, 1.807) is 0 Å². The Balaban J connectivity index is 1.61. The number of nitrogens with zero attached hydrogens (tertiary/aromatic N) is 4. The van der Waals surface area contributed by atoms with Crippen LogP contribution in [0, 0.1) is 0 Å². The molecule has 16 nitrogen and oxygen atoms in total. The summed E-state index contributed by atoms with van der Waals surface area (Å²) in [6.45, 7) is 0.354. The summed E-state index contributed by atoms with van der Waals surface area (Å²) >= 11 is 0. The van der Waals surface area contributed by atoms with Crippen molar-refractivity contribution in [3.8, 4) is 17.5 Å². The van der Waals surface area contributed by atoms with Gasteiger partial charge in [0.2, 0.25) is 11.9 Å². The smallest absolute Gasteiger partial charge is 0.330 e. The van der Waals surface area contributed by atoms with Crippen LogP contribution >= 0.6 is 0 Å². The molecule has 3 amide bonds. The molecule has 2 aliphatic rings. The highest BCUT2D eigenvalue weighted by molar-refractivity contribution is 6.34. The quantitative estimate of drug-likeness (QED) is 0.195. The Morgan fingerprint density at radius 1 is 0.962 bits per heavy atom. The second-order valence-corrected chi connectivity index (χ2v) is 12.0. The number of anilines is 3. The van der Waals surface area contributed by atoms with E-state index in [2.05, 4.69) is 36.2 Å². The largest absolute Gasteiger partial charge is 0.494 e. The number of nitrogens with one attached hydrogen (secondary N) is 4. The van der Waals surface area contributed by atoms with E-state index in [-0.39, 0.29) is 42.4 Å². The van der Waals surface area contributed by atoms with Crippen molar-refractivity contribution in [3.63, 3.8) is 0 Å². The number of aromatic nitrogens is 3. The number of carbonyl (C=O) groups excluding carboxylic acids is 4. The van der Waals surface area contributed by atoms with Crippen LogP contribution in [-0.4, -0.2) is 103 Å². The number of fused-ring (bicyclic) bond motifs is 10. The second kappa shape index (κ2) is 18.4. The first-order valence-corrected chi connectivity index (χ1v) is 16.5. The molecule has 4 N–H and O–H groups in total. The first kappa shape index (κ1) is 39.0. The zero-order chi connectivity index (χ0) is 37.7. The van der Waals surface area contributed by atoms with Crippen LogP contribution in [0.25, 0.3) is 0 Å². The molecule has 0 saturated heterocycles. The van der Waals surface area contributed by atoms with Crippen molar-refractivity contribution in [1.82, 2.24) is 30.5 Å². The molecule has 5 rings (SSSR count). The molecular weight excluding hydrogens is 686 g/mol. The summed E-state index contributed by atoms with van der Waals surface area (Å²) < 4.78 is 49.1. The van der Waals surface area contributed by atoms with Gasteiger partial charge in [0, 0.05) is 45.9 Å². The van der Waals surface area contributed by atoms with Gasteiger partial charge >= 0.3 is 23.8 Å². The lowest BCUT2D eigenvalue weighted by molar-refractivity contribution is -0.145. The van der Waals surface area contributed by atoms with Crippen LogP contribution in [0.3, 0.4) is 0 Å². The molecule has 1 atom stereocenters. The van der Waals surface area contributed by atoms with Crippen LogP contribution in [0.4, 0.5) is 26.4 Å². The zero-order valence-electron chi connectivity index (χ0n) is 29.3. The van der Waals surface area contributed by atoms with Crippen molar-refractivity contribution in [3.05, 3.63) is 53.6 Å². The Morgan fingerprint density at radius 2 is 1.65 bits per heavy atom. The van der Waals surface area contributed by atoms with E-state index in [9.17, 15) is 28.0 Å². The van der Waals surface area contributed by atoms with Gasteiger partial charge in [0.1, 0.15) is 17.5 Å². The van der Waals surface area contributed by atoms with E-state index in [0.29, 0.717) is 31.4 Å². The lowest BCUT2D eigenvalue weighted by Crippen LogP contribution is -2.51. The summed E-state index contributed by atoms with van der Waals surface area (Å²) in [6.07, 6.45) is 3.15. The Kier molecular flexibility index (Phi) is 13.8. The highest BCUT2D eigenvalue weighted by atomic mass is 19.3. The molecule has 6 bridgehead atoms. The summed E-state index contributed by atoms with van der Waals surface area (Å²) in [5, 5.41) is 10.9. The summed E-state index contributed by atoms with van der Waals surface area (Å²) in [6, 6.07) is 10.2. The molecule has 0 fully saturated rings. The molecule has 52 heavy (non-hydrogen) atoms. The molecule has 0 unspecified atom stereocenters. The SMILES string of the molecule is COC(=O)[C@H](CNC(=O)C(=O)N(C)C)NC(=O)c1ccc2cc1OCCCCCCOc1ccc(cc1)CNc1nc(nc(OCC(C)(F)F)n1)N2. The standard InChI is InChI=1S/C34H42F2N8O8/c1-34(35,36)20-52-33-42-31-38-18-21-9-12-23(13-10-21)50-15-7-5-6-8-16-51-26-17-22(39-32(41-31)43-33)11-14-24(26)27(45)40-25(30(48)49-4)19-37-28(46)29(47)44(2)3/h9-14,17,25H,5-8,15-16,18-20H2,1-4H3,(H,37,46)(H,40,45)(H2,38,39,41,42,43)/t25-/m0/s1. The van der Waals surface area contributed by atoms with Gasteiger partial charge in [-0.15, -0.1) is 0 Å². The third kappa shape index (κ3) is 12.2. The number of amides is 3. The molecule has 0 radical (unpaired) electrons. The van der Waals surface area contributed by atoms with E-state index in [4.69, 9.17) is 18.9 Å². The molecule has 2 aromatic carbocycles. The second-order valence-electron chi connectivity index (χ2n) is 12.0. The molecular formula is C34H42F2N8O8. The average molecular weight is 729 g/mol.